The van der Waals surface area contributed by atoms with Crippen molar-refractivity contribution in [2.75, 3.05) is 0 Å². The number of rotatable bonds is 10. The lowest BCUT2D eigenvalue weighted by Crippen LogP contribution is -2.26. The Hall–Kier alpha value is 0.0838. The zero-order valence-electron chi connectivity index (χ0n) is 10.3. The van der Waals surface area contributed by atoms with Gasteiger partial charge >= 0.3 is 17.8 Å². The second-order valence-electron chi connectivity index (χ2n) is 4.49. The molecule has 0 saturated heterocycles. The van der Waals surface area contributed by atoms with Crippen LogP contribution in [0.25, 0.3) is 0 Å². The van der Waals surface area contributed by atoms with Crippen LogP contribution in [0, 0.1) is 0 Å². The van der Waals surface area contributed by atoms with Gasteiger partial charge in [0.25, 0.3) is 0 Å². The molecule has 0 nitrogen and oxygen atoms in total. The molecule has 0 aliphatic carbocycles. The predicted molar refractivity (Wildman–Crippen MR) is 64.8 cm³/mol. The van der Waals surface area contributed by atoms with E-state index in [-0.39, 0.29) is 6.04 Å². The van der Waals surface area contributed by atoms with Crippen LogP contribution in [0.3, 0.4) is 0 Å². The van der Waals surface area contributed by atoms with Crippen LogP contribution in [0.4, 0.5) is 20.5 Å². The Labute approximate surface area is 102 Å². The summed E-state index contributed by atoms with van der Waals surface area (Å²) in [5, 5.41) is 0. The quantitative estimate of drug-likeness (QED) is 0.213. The average molecular weight is 292 g/mol. The first-order valence-electron chi connectivity index (χ1n) is 6.21. The molecule has 0 aromatic heterocycles. The maximum atomic E-state index is 13.2. The second-order valence-corrected chi connectivity index (χ2v) is 8.93. The van der Waals surface area contributed by atoms with Crippen molar-refractivity contribution in [1.29, 1.82) is 0 Å². The molecule has 0 aromatic carbocycles. The minimum Gasteiger partial charge on any atom is -0.270 e. The summed E-state index contributed by atoms with van der Waals surface area (Å²) < 4.78 is 62.2. The fourth-order valence-corrected chi connectivity index (χ4v) is 5.23. The SMILES string of the molecule is CCCCCCCC[Si](F)(F)CC[Si](F)(F)F. The number of halogens is 5. The summed E-state index contributed by atoms with van der Waals surface area (Å²) in [4.78, 5) is 0. The summed E-state index contributed by atoms with van der Waals surface area (Å²) in [6.07, 6.45) is 5.29. The lowest BCUT2D eigenvalue weighted by Gasteiger charge is -2.12. The highest BCUT2D eigenvalue weighted by Crippen LogP contribution is 2.29. The lowest BCUT2D eigenvalue weighted by molar-refractivity contribution is 0.465. The average Bonchev–Trinajstić information content (AvgIpc) is 2.20. The summed E-state index contributed by atoms with van der Waals surface area (Å²) in [6.45, 7) is 2.07. The largest absolute Gasteiger partial charge is 0.615 e. The van der Waals surface area contributed by atoms with Crippen LogP contribution in [0.2, 0.25) is 18.1 Å². The zero-order valence-corrected chi connectivity index (χ0v) is 12.3. The molecule has 0 heterocycles. The van der Waals surface area contributed by atoms with Crippen molar-refractivity contribution in [2.24, 2.45) is 0 Å². The van der Waals surface area contributed by atoms with Crippen molar-refractivity contribution in [2.45, 2.75) is 63.6 Å². The van der Waals surface area contributed by atoms with Gasteiger partial charge in [-0.25, -0.2) is 12.3 Å². The molecule has 0 bridgehead atoms. The Kier molecular flexibility index (Phi) is 8.27. The highest BCUT2D eigenvalue weighted by molar-refractivity contribution is 6.69. The van der Waals surface area contributed by atoms with E-state index >= 15 is 0 Å². The van der Waals surface area contributed by atoms with E-state index in [4.69, 9.17) is 0 Å². The van der Waals surface area contributed by atoms with Crippen LogP contribution >= 0.6 is 0 Å². The fraction of sp³-hybridized carbons (Fsp3) is 1.00. The van der Waals surface area contributed by atoms with Crippen LogP contribution in [0.5, 0.6) is 0 Å². The highest BCUT2D eigenvalue weighted by atomic mass is 28.5. The molecule has 0 radical (unpaired) electrons. The van der Waals surface area contributed by atoms with Gasteiger partial charge in [0.05, 0.1) is 0 Å². The van der Waals surface area contributed by atoms with Gasteiger partial charge in [-0.05, 0) is 6.04 Å². The molecule has 0 saturated carbocycles. The maximum Gasteiger partial charge on any atom is 0.615 e. The van der Waals surface area contributed by atoms with E-state index in [0.29, 0.717) is 6.42 Å². The summed E-state index contributed by atoms with van der Waals surface area (Å²) in [5.41, 5.74) is 0. The standard InChI is InChI=1S/C10H21F5Si2/c1-2-3-4-5-6-7-8-16(11,12)9-10-17(13,14)15/h2-10H2,1H3. The van der Waals surface area contributed by atoms with Crippen molar-refractivity contribution in [3.8, 4) is 0 Å². The molecule has 7 heteroatoms. The Morgan fingerprint density at radius 2 is 1.18 bits per heavy atom. The molecule has 0 aliphatic rings. The van der Waals surface area contributed by atoms with Gasteiger partial charge in [-0.1, -0.05) is 45.4 Å². The van der Waals surface area contributed by atoms with Crippen LogP contribution in [0.1, 0.15) is 45.4 Å². The van der Waals surface area contributed by atoms with Gasteiger partial charge in [0.2, 0.25) is 0 Å². The van der Waals surface area contributed by atoms with E-state index in [1.54, 1.807) is 0 Å². The first-order chi connectivity index (χ1) is 7.77. The van der Waals surface area contributed by atoms with Crippen molar-refractivity contribution in [3.63, 3.8) is 0 Å². The zero-order chi connectivity index (χ0) is 13.4. The Balaban J connectivity index is 3.57. The van der Waals surface area contributed by atoms with Gasteiger partial charge < -0.3 is 0 Å². The lowest BCUT2D eigenvalue weighted by atomic mass is 10.1. The molecule has 104 valence electrons. The van der Waals surface area contributed by atoms with Gasteiger partial charge in [-0.15, -0.1) is 0 Å². The molecule has 0 atom stereocenters. The van der Waals surface area contributed by atoms with Gasteiger partial charge in [0.1, 0.15) is 0 Å². The van der Waals surface area contributed by atoms with E-state index in [0.717, 1.165) is 32.1 Å². The summed E-state index contributed by atoms with van der Waals surface area (Å²) in [6, 6.07) is -2.33. The molecule has 0 fully saturated rings. The molecular weight excluding hydrogens is 271 g/mol. The first-order valence-corrected chi connectivity index (χ1v) is 10.2. The van der Waals surface area contributed by atoms with Gasteiger partial charge in [0.15, 0.2) is 0 Å². The summed E-state index contributed by atoms with van der Waals surface area (Å²) in [7, 11) is -10.3. The molecule has 17 heavy (non-hydrogen) atoms. The molecule has 0 amide bonds. The molecule has 0 aliphatic heterocycles. The first kappa shape index (κ1) is 17.1. The van der Waals surface area contributed by atoms with Crippen molar-refractivity contribution < 1.29 is 20.5 Å². The van der Waals surface area contributed by atoms with Crippen LogP contribution in [0.15, 0.2) is 0 Å². The van der Waals surface area contributed by atoms with E-state index in [1.165, 1.54) is 0 Å². The third-order valence-corrected chi connectivity index (χ3v) is 6.05. The third kappa shape index (κ3) is 12.3. The third-order valence-electron chi connectivity index (χ3n) is 2.67. The molecule has 0 spiro atoms. The molecule has 0 aromatic rings. The Bertz CT molecular complexity index is 194. The highest BCUT2D eigenvalue weighted by Gasteiger charge is 2.43. The maximum absolute atomic E-state index is 13.2. The van der Waals surface area contributed by atoms with Crippen molar-refractivity contribution in [3.05, 3.63) is 0 Å². The van der Waals surface area contributed by atoms with Crippen molar-refractivity contribution in [1.82, 2.24) is 0 Å². The number of hydrogen-bond donors (Lipinski definition) is 0. The van der Waals surface area contributed by atoms with E-state index in [1.807, 2.05) is 0 Å². The molecule has 0 rings (SSSR count). The van der Waals surface area contributed by atoms with Crippen LogP contribution < -0.4 is 0 Å². The van der Waals surface area contributed by atoms with Crippen LogP contribution in [-0.2, 0) is 0 Å². The predicted octanol–water partition coefficient (Wildman–Crippen LogP) is 5.58. The van der Waals surface area contributed by atoms with E-state index in [2.05, 4.69) is 6.92 Å². The minimum absolute atomic E-state index is 0.260. The number of unbranched alkanes of at least 4 members (excludes halogenated alkanes) is 5. The smallest absolute Gasteiger partial charge is 0.270 e. The topological polar surface area (TPSA) is 0 Å². The summed E-state index contributed by atoms with van der Waals surface area (Å²) in [5.74, 6) is 0. The van der Waals surface area contributed by atoms with E-state index in [9.17, 15) is 20.5 Å². The second kappa shape index (κ2) is 8.23. The summed E-state index contributed by atoms with van der Waals surface area (Å²) >= 11 is 0. The Morgan fingerprint density at radius 1 is 0.647 bits per heavy atom. The Morgan fingerprint density at radius 3 is 1.71 bits per heavy atom. The van der Waals surface area contributed by atoms with E-state index < -0.39 is 29.9 Å². The monoisotopic (exact) mass is 292 g/mol. The molecule has 0 unspecified atom stereocenters. The molecule has 0 N–H and O–H groups in total. The van der Waals surface area contributed by atoms with Crippen molar-refractivity contribution >= 4 is 17.8 Å². The number of hydrogen-bond acceptors (Lipinski definition) is 0. The minimum atomic E-state index is -5.78. The van der Waals surface area contributed by atoms with Gasteiger partial charge in [-0.3, -0.25) is 8.22 Å². The van der Waals surface area contributed by atoms with Gasteiger partial charge in [-0.2, -0.15) is 0 Å². The fourth-order valence-electron chi connectivity index (χ4n) is 1.61. The van der Waals surface area contributed by atoms with Crippen LogP contribution in [-0.4, -0.2) is 17.8 Å². The van der Waals surface area contributed by atoms with Gasteiger partial charge in [0, 0.05) is 12.1 Å². The molecular formula is C10H21F5Si2. The normalized spacial score (nSPS) is 13.1.